The average molecular weight is 489 g/mol. The minimum atomic E-state index is 0.552. The van der Waals surface area contributed by atoms with Gasteiger partial charge in [0.15, 0.2) is 5.65 Å². The Bertz CT molecular complexity index is 1640. The summed E-state index contributed by atoms with van der Waals surface area (Å²) in [4.78, 5) is 5.13. The lowest BCUT2D eigenvalue weighted by Gasteiger charge is -2.16. The van der Waals surface area contributed by atoms with Crippen molar-refractivity contribution in [2.45, 2.75) is 0 Å². The molecule has 0 spiro atoms. The number of ether oxygens (including phenoxy) is 2. The third kappa shape index (κ3) is 4.04. The fourth-order valence-electron chi connectivity index (χ4n) is 4.44. The van der Waals surface area contributed by atoms with Crippen LogP contribution in [0.1, 0.15) is 0 Å². The fourth-order valence-corrected chi connectivity index (χ4v) is 4.44. The second-order valence-electron chi connectivity index (χ2n) is 8.36. The Morgan fingerprint density at radius 2 is 1.41 bits per heavy atom. The molecule has 0 amide bonds. The first-order chi connectivity index (χ1) is 18.3. The number of aromatic amines is 1. The van der Waals surface area contributed by atoms with Crippen LogP contribution in [0.15, 0.2) is 97.2 Å². The number of benzene rings is 3. The molecular formula is C29H24N6O2. The Kier molecular flexibility index (Phi) is 5.74. The van der Waals surface area contributed by atoms with Gasteiger partial charge >= 0.3 is 0 Å². The maximum Gasteiger partial charge on any atom is 0.228 e. The van der Waals surface area contributed by atoms with Gasteiger partial charge in [-0.1, -0.05) is 72.8 Å². The van der Waals surface area contributed by atoms with Crippen LogP contribution in [0.2, 0.25) is 0 Å². The number of H-pyrrole nitrogens is 1. The molecule has 6 aromatic rings. The number of methoxy groups -OCH3 is 2. The van der Waals surface area contributed by atoms with E-state index in [0.717, 1.165) is 39.3 Å². The van der Waals surface area contributed by atoms with Crippen molar-refractivity contribution in [3.05, 3.63) is 97.2 Å². The zero-order valence-corrected chi connectivity index (χ0v) is 20.3. The van der Waals surface area contributed by atoms with E-state index in [1.807, 2.05) is 66.7 Å². The summed E-state index contributed by atoms with van der Waals surface area (Å²) in [5.74, 6) is 2.63. The molecule has 3 heterocycles. The van der Waals surface area contributed by atoms with E-state index in [1.165, 1.54) is 0 Å². The predicted molar refractivity (Wildman–Crippen MR) is 144 cm³/mol. The van der Waals surface area contributed by atoms with Gasteiger partial charge in [0, 0.05) is 11.6 Å². The summed E-state index contributed by atoms with van der Waals surface area (Å²) in [6.07, 6.45) is 1.69. The minimum Gasteiger partial charge on any atom is -0.497 e. The summed E-state index contributed by atoms with van der Waals surface area (Å²) in [5, 5.41) is 15.5. The van der Waals surface area contributed by atoms with Crippen LogP contribution in [0.5, 0.6) is 11.6 Å². The summed E-state index contributed by atoms with van der Waals surface area (Å²) in [6, 6.07) is 29.9. The van der Waals surface area contributed by atoms with Gasteiger partial charge in [-0.15, -0.1) is 0 Å². The van der Waals surface area contributed by atoms with Gasteiger partial charge in [-0.3, -0.25) is 5.10 Å². The number of hydrogen-bond acceptors (Lipinski definition) is 6. The molecular weight excluding hydrogens is 464 g/mol. The molecule has 182 valence electrons. The van der Waals surface area contributed by atoms with Crippen molar-refractivity contribution in [1.82, 2.24) is 24.8 Å². The molecule has 0 fully saturated rings. The first-order valence-corrected chi connectivity index (χ1v) is 11.8. The number of anilines is 2. The summed E-state index contributed by atoms with van der Waals surface area (Å²) in [5.41, 5.74) is 6.05. The molecule has 37 heavy (non-hydrogen) atoms. The molecule has 0 atom stereocenters. The van der Waals surface area contributed by atoms with Crippen LogP contribution in [0.3, 0.4) is 0 Å². The second-order valence-corrected chi connectivity index (χ2v) is 8.36. The molecule has 3 aromatic heterocycles. The van der Waals surface area contributed by atoms with Gasteiger partial charge in [-0.2, -0.15) is 14.7 Å². The van der Waals surface area contributed by atoms with E-state index in [4.69, 9.17) is 19.6 Å². The van der Waals surface area contributed by atoms with Gasteiger partial charge in [0.05, 0.1) is 31.5 Å². The van der Waals surface area contributed by atoms with Crippen molar-refractivity contribution < 1.29 is 9.47 Å². The standard InChI is InChI=1S/C29H24N6O2/c1-36-22-15-13-20(14-16-22)25-27(31-23-17-18-30-33-23)32-28-24(19-9-5-3-6-10-19)26(21-11-7-4-8-12-21)34-35(28)29(25)37-2/h3-18H,1-2H3,(H2,30,31,32,33). The van der Waals surface area contributed by atoms with E-state index in [9.17, 15) is 0 Å². The highest BCUT2D eigenvalue weighted by atomic mass is 16.5. The Morgan fingerprint density at radius 3 is 2.03 bits per heavy atom. The van der Waals surface area contributed by atoms with E-state index in [0.29, 0.717) is 23.2 Å². The van der Waals surface area contributed by atoms with Crippen molar-refractivity contribution in [2.24, 2.45) is 0 Å². The first-order valence-electron chi connectivity index (χ1n) is 11.8. The van der Waals surface area contributed by atoms with Crippen molar-refractivity contribution in [2.75, 3.05) is 19.5 Å². The molecule has 8 nitrogen and oxygen atoms in total. The molecule has 0 saturated carbocycles. The number of nitrogens with zero attached hydrogens (tertiary/aromatic N) is 4. The van der Waals surface area contributed by atoms with Gasteiger partial charge < -0.3 is 14.8 Å². The number of hydrogen-bond donors (Lipinski definition) is 2. The smallest absolute Gasteiger partial charge is 0.228 e. The van der Waals surface area contributed by atoms with Crippen LogP contribution in [-0.4, -0.2) is 39.0 Å². The summed E-state index contributed by atoms with van der Waals surface area (Å²) >= 11 is 0. The third-order valence-corrected chi connectivity index (χ3v) is 6.16. The maximum absolute atomic E-state index is 6.03. The van der Waals surface area contributed by atoms with Crippen molar-refractivity contribution in [3.63, 3.8) is 0 Å². The monoisotopic (exact) mass is 488 g/mol. The molecule has 0 aliphatic heterocycles. The number of nitrogens with one attached hydrogen (secondary N) is 2. The summed E-state index contributed by atoms with van der Waals surface area (Å²) in [7, 11) is 3.29. The summed E-state index contributed by atoms with van der Waals surface area (Å²) < 4.78 is 13.2. The van der Waals surface area contributed by atoms with Crippen molar-refractivity contribution in [1.29, 1.82) is 0 Å². The number of fused-ring (bicyclic) bond motifs is 1. The average Bonchev–Trinajstić information content (AvgIpc) is 3.61. The van der Waals surface area contributed by atoms with Crippen LogP contribution >= 0.6 is 0 Å². The molecule has 8 heteroatoms. The van der Waals surface area contributed by atoms with Gasteiger partial charge in [0.1, 0.15) is 23.1 Å². The first kappa shape index (κ1) is 22.4. The Balaban J connectivity index is 1.69. The maximum atomic E-state index is 6.03. The molecule has 0 saturated heterocycles. The molecule has 3 aromatic carbocycles. The molecule has 0 unspecified atom stereocenters. The predicted octanol–water partition coefficient (Wildman–Crippen LogP) is 6.21. The van der Waals surface area contributed by atoms with Gasteiger partial charge in [-0.05, 0) is 23.3 Å². The van der Waals surface area contributed by atoms with Crippen LogP contribution in [0, 0.1) is 0 Å². The quantitative estimate of drug-likeness (QED) is 0.278. The lowest BCUT2D eigenvalue weighted by molar-refractivity contribution is 0.387. The topological polar surface area (TPSA) is 89.4 Å². The van der Waals surface area contributed by atoms with E-state index >= 15 is 0 Å². The molecule has 0 aliphatic rings. The number of aromatic nitrogens is 5. The highest BCUT2D eigenvalue weighted by Gasteiger charge is 2.25. The van der Waals surface area contributed by atoms with E-state index in [2.05, 4.69) is 39.8 Å². The molecule has 0 bridgehead atoms. The van der Waals surface area contributed by atoms with Gasteiger partial charge in [0.2, 0.25) is 5.88 Å². The Labute approximate surface area is 213 Å². The van der Waals surface area contributed by atoms with Crippen LogP contribution < -0.4 is 14.8 Å². The molecule has 0 radical (unpaired) electrons. The molecule has 0 aliphatic carbocycles. The Hall–Kier alpha value is -5.11. The van der Waals surface area contributed by atoms with Gasteiger partial charge in [-0.25, -0.2) is 4.98 Å². The van der Waals surface area contributed by atoms with E-state index in [1.54, 1.807) is 24.9 Å². The highest BCUT2D eigenvalue weighted by Crippen LogP contribution is 2.42. The SMILES string of the molecule is COc1ccc(-c2c(Nc3ccn[nH]3)nc3c(-c4ccccc4)c(-c4ccccc4)nn3c2OC)cc1. The zero-order chi connectivity index (χ0) is 25.2. The Morgan fingerprint density at radius 1 is 0.730 bits per heavy atom. The fraction of sp³-hybridized carbons (Fsp3) is 0.0690. The van der Waals surface area contributed by atoms with Crippen LogP contribution in [0.25, 0.3) is 39.2 Å². The molecule has 2 N–H and O–H groups in total. The zero-order valence-electron chi connectivity index (χ0n) is 20.3. The van der Waals surface area contributed by atoms with Crippen LogP contribution in [-0.2, 0) is 0 Å². The lowest BCUT2D eigenvalue weighted by Crippen LogP contribution is -2.06. The van der Waals surface area contributed by atoms with Crippen LogP contribution in [0.4, 0.5) is 11.6 Å². The third-order valence-electron chi connectivity index (χ3n) is 6.16. The second kappa shape index (κ2) is 9.50. The van der Waals surface area contributed by atoms with Gasteiger partial charge in [0.25, 0.3) is 0 Å². The van der Waals surface area contributed by atoms with E-state index < -0.39 is 0 Å². The number of rotatable bonds is 7. The largest absolute Gasteiger partial charge is 0.497 e. The lowest BCUT2D eigenvalue weighted by atomic mass is 10.0. The van der Waals surface area contributed by atoms with E-state index in [-0.39, 0.29) is 0 Å². The highest BCUT2D eigenvalue weighted by molar-refractivity contribution is 5.93. The normalized spacial score (nSPS) is 11.0. The summed E-state index contributed by atoms with van der Waals surface area (Å²) in [6.45, 7) is 0. The molecule has 6 rings (SSSR count). The van der Waals surface area contributed by atoms with Crippen molar-refractivity contribution in [3.8, 4) is 45.1 Å². The van der Waals surface area contributed by atoms with Crippen molar-refractivity contribution >= 4 is 17.3 Å². The minimum absolute atomic E-state index is 0.552.